The lowest BCUT2D eigenvalue weighted by Crippen LogP contribution is -2.18. The second-order valence-corrected chi connectivity index (χ2v) is 6.89. The molecule has 0 unspecified atom stereocenters. The number of aliphatic hydroxyl groups is 2. The van der Waals surface area contributed by atoms with Gasteiger partial charge in [-0.3, -0.25) is 9.59 Å². The fraction of sp³-hybridized carbons (Fsp3) is 0.800. The summed E-state index contributed by atoms with van der Waals surface area (Å²) in [6.45, 7) is 4.21. The molecule has 1 fully saturated rings. The second kappa shape index (κ2) is 12.2. The van der Waals surface area contributed by atoms with Gasteiger partial charge in [-0.25, -0.2) is 0 Å². The summed E-state index contributed by atoms with van der Waals surface area (Å²) in [5.41, 5.74) is 0. The maximum Gasteiger partial charge on any atom is 0.305 e. The van der Waals surface area contributed by atoms with Crippen molar-refractivity contribution in [2.45, 2.75) is 83.8 Å². The van der Waals surface area contributed by atoms with Crippen LogP contribution in [0.5, 0.6) is 0 Å². The van der Waals surface area contributed by atoms with Gasteiger partial charge >= 0.3 is 5.97 Å². The quantitative estimate of drug-likeness (QED) is 0.319. The Labute approximate surface area is 151 Å². The predicted molar refractivity (Wildman–Crippen MR) is 97.0 cm³/mol. The zero-order valence-electron chi connectivity index (χ0n) is 15.7. The summed E-state index contributed by atoms with van der Waals surface area (Å²) in [5, 5.41) is 20.0. The molecule has 0 heterocycles. The van der Waals surface area contributed by atoms with Crippen molar-refractivity contribution in [2.75, 3.05) is 6.61 Å². The zero-order valence-corrected chi connectivity index (χ0v) is 15.7. The average Bonchev–Trinajstić information content (AvgIpc) is 2.85. The van der Waals surface area contributed by atoms with Crippen LogP contribution in [-0.2, 0) is 14.3 Å². The molecule has 0 spiro atoms. The number of unbranched alkanes of at least 4 members (excludes halogenated alkanes) is 4. The fourth-order valence-corrected chi connectivity index (χ4v) is 3.48. The normalized spacial score (nSPS) is 24.8. The first kappa shape index (κ1) is 21.8. The lowest BCUT2D eigenvalue weighted by Gasteiger charge is -2.16. The lowest BCUT2D eigenvalue weighted by molar-refractivity contribution is -0.143. The highest BCUT2D eigenvalue weighted by Gasteiger charge is 2.38. The van der Waals surface area contributed by atoms with Crippen LogP contribution in [0.4, 0.5) is 0 Å². The number of hydrogen-bond donors (Lipinski definition) is 2. The van der Waals surface area contributed by atoms with Crippen LogP contribution in [0.3, 0.4) is 0 Å². The Balaban J connectivity index is 2.13. The molecule has 5 nitrogen and oxygen atoms in total. The molecule has 0 aliphatic heterocycles. The van der Waals surface area contributed by atoms with E-state index < -0.39 is 12.2 Å². The molecule has 1 saturated carbocycles. The molecule has 5 heteroatoms. The number of Topliss-reactive ketones (excluding diaryl/α,β-unsaturated/α-hetero) is 1. The molecule has 0 aromatic rings. The van der Waals surface area contributed by atoms with E-state index in [1.807, 2.05) is 19.9 Å². The van der Waals surface area contributed by atoms with E-state index in [1.54, 1.807) is 6.08 Å². The fourth-order valence-electron chi connectivity index (χ4n) is 3.48. The van der Waals surface area contributed by atoms with Crippen molar-refractivity contribution in [2.24, 2.45) is 11.8 Å². The molecular weight excluding hydrogens is 320 g/mol. The number of aliphatic hydroxyl groups excluding tert-OH is 2. The van der Waals surface area contributed by atoms with Crippen LogP contribution in [0.25, 0.3) is 0 Å². The molecule has 2 N–H and O–H groups in total. The highest BCUT2D eigenvalue weighted by molar-refractivity contribution is 5.84. The van der Waals surface area contributed by atoms with E-state index in [0.29, 0.717) is 19.4 Å². The largest absolute Gasteiger partial charge is 0.466 e. The van der Waals surface area contributed by atoms with Crippen molar-refractivity contribution in [3.63, 3.8) is 0 Å². The van der Waals surface area contributed by atoms with Crippen molar-refractivity contribution in [1.82, 2.24) is 0 Å². The average molecular weight is 354 g/mol. The number of ether oxygens (including phenoxy) is 1. The molecular formula is C20H34O5. The van der Waals surface area contributed by atoms with Gasteiger partial charge in [0.05, 0.1) is 18.8 Å². The third kappa shape index (κ3) is 8.15. The minimum atomic E-state index is -0.611. The van der Waals surface area contributed by atoms with Crippen molar-refractivity contribution in [1.29, 1.82) is 0 Å². The molecule has 4 atom stereocenters. The maximum absolute atomic E-state index is 11.8. The van der Waals surface area contributed by atoms with Gasteiger partial charge in [0.1, 0.15) is 5.78 Å². The van der Waals surface area contributed by atoms with Gasteiger partial charge in [-0.2, -0.15) is 0 Å². The SMILES string of the molecule is CCOC(=O)CCCCCCC[C@@H](O)/C=C/[C@H]1[C@H](O)CC(=O)[C@H]1CC. The third-order valence-electron chi connectivity index (χ3n) is 4.91. The second-order valence-electron chi connectivity index (χ2n) is 6.89. The third-order valence-corrected chi connectivity index (χ3v) is 4.91. The number of ketones is 1. The van der Waals surface area contributed by atoms with E-state index in [9.17, 15) is 19.8 Å². The molecule has 1 rings (SSSR count). The van der Waals surface area contributed by atoms with Crippen LogP contribution >= 0.6 is 0 Å². The smallest absolute Gasteiger partial charge is 0.305 e. The molecule has 0 saturated heterocycles. The van der Waals surface area contributed by atoms with Gasteiger partial charge in [0, 0.05) is 24.7 Å². The number of rotatable bonds is 12. The van der Waals surface area contributed by atoms with E-state index in [1.165, 1.54) is 0 Å². The Morgan fingerprint density at radius 3 is 2.60 bits per heavy atom. The molecule has 0 bridgehead atoms. The standard InChI is InChI=1S/C20H34O5/c1-3-16-17(19(23)14-18(16)22)13-12-15(21)10-8-6-5-7-9-11-20(24)25-4-2/h12-13,15-17,19,21,23H,3-11,14H2,1-2H3/b13-12+/t15-,16+,17-,19-/m1/s1. The zero-order chi connectivity index (χ0) is 18.7. The Kier molecular flexibility index (Phi) is 10.7. The van der Waals surface area contributed by atoms with Crippen LogP contribution in [-0.4, -0.2) is 40.8 Å². The molecule has 0 aromatic carbocycles. The topological polar surface area (TPSA) is 83.8 Å². The summed E-state index contributed by atoms with van der Waals surface area (Å²) < 4.78 is 4.88. The van der Waals surface area contributed by atoms with Crippen LogP contribution in [0.15, 0.2) is 12.2 Å². The van der Waals surface area contributed by atoms with E-state index in [2.05, 4.69) is 0 Å². The van der Waals surface area contributed by atoms with E-state index in [0.717, 1.165) is 38.5 Å². The first-order chi connectivity index (χ1) is 12.0. The number of carbonyl (C=O) groups is 2. The Morgan fingerprint density at radius 2 is 1.92 bits per heavy atom. The van der Waals surface area contributed by atoms with Crippen molar-refractivity contribution >= 4 is 11.8 Å². The predicted octanol–water partition coefficient (Wildman–Crippen LogP) is 3.17. The van der Waals surface area contributed by atoms with E-state index >= 15 is 0 Å². The molecule has 0 radical (unpaired) electrons. The Morgan fingerprint density at radius 1 is 1.24 bits per heavy atom. The number of esters is 1. The van der Waals surface area contributed by atoms with Gasteiger partial charge in [-0.1, -0.05) is 44.8 Å². The van der Waals surface area contributed by atoms with E-state index in [-0.39, 0.29) is 30.0 Å². The maximum atomic E-state index is 11.8. The minimum absolute atomic E-state index is 0.113. The highest BCUT2D eigenvalue weighted by Crippen LogP contribution is 2.32. The monoisotopic (exact) mass is 354 g/mol. The van der Waals surface area contributed by atoms with Gasteiger partial charge in [0.15, 0.2) is 0 Å². The molecule has 0 amide bonds. The van der Waals surface area contributed by atoms with Crippen LogP contribution in [0, 0.1) is 11.8 Å². The summed E-state index contributed by atoms with van der Waals surface area (Å²) in [6.07, 6.45) is 9.40. The lowest BCUT2D eigenvalue weighted by atomic mass is 9.91. The summed E-state index contributed by atoms with van der Waals surface area (Å²) >= 11 is 0. The van der Waals surface area contributed by atoms with Gasteiger partial charge < -0.3 is 14.9 Å². The van der Waals surface area contributed by atoms with Crippen LogP contribution in [0.2, 0.25) is 0 Å². The summed E-state index contributed by atoms with van der Waals surface area (Å²) in [4.78, 5) is 22.9. The van der Waals surface area contributed by atoms with E-state index in [4.69, 9.17) is 4.74 Å². The van der Waals surface area contributed by atoms with Crippen LogP contribution < -0.4 is 0 Å². The molecule has 0 aromatic heterocycles. The first-order valence-electron chi connectivity index (χ1n) is 9.72. The van der Waals surface area contributed by atoms with Crippen molar-refractivity contribution in [3.05, 3.63) is 12.2 Å². The van der Waals surface area contributed by atoms with Gasteiger partial charge in [-0.05, 0) is 26.2 Å². The molecule has 144 valence electrons. The van der Waals surface area contributed by atoms with Crippen LogP contribution in [0.1, 0.15) is 71.6 Å². The highest BCUT2D eigenvalue weighted by atomic mass is 16.5. The number of hydrogen-bond acceptors (Lipinski definition) is 5. The number of carbonyl (C=O) groups excluding carboxylic acids is 2. The Bertz CT molecular complexity index is 432. The van der Waals surface area contributed by atoms with Crippen molar-refractivity contribution < 1.29 is 24.5 Å². The summed E-state index contributed by atoms with van der Waals surface area (Å²) in [6, 6.07) is 0. The molecule has 1 aliphatic carbocycles. The summed E-state index contributed by atoms with van der Waals surface area (Å²) in [7, 11) is 0. The Hall–Kier alpha value is -1.20. The van der Waals surface area contributed by atoms with Crippen molar-refractivity contribution in [3.8, 4) is 0 Å². The van der Waals surface area contributed by atoms with Gasteiger partial charge in [-0.15, -0.1) is 0 Å². The molecule has 25 heavy (non-hydrogen) atoms. The minimum Gasteiger partial charge on any atom is -0.466 e. The summed E-state index contributed by atoms with van der Waals surface area (Å²) in [5.74, 6) is -0.268. The molecule has 1 aliphatic rings. The van der Waals surface area contributed by atoms with Gasteiger partial charge in [0.25, 0.3) is 0 Å². The first-order valence-corrected chi connectivity index (χ1v) is 9.72. The van der Waals surface area contributed by atoms with Gasteiger partial charge in [0.2, 0.25) is 0 Å².